The van der Waals surface area contributed by atoms with Gasteiger partial charge in [-0.05, 0) is 26.4 Å². The van der Waals surface area contributed by atoms with Gasteiger partial charge < -0.3 is 15.0 Å². The van der Waals surface area contributed by atoms with Gasteiger partial charge in [-0.1, -0.05) is 13.3 Å². The van der Waals surface area contributed by atoms with Crippen LogP contribution in [0.15, 0.2) is 0 Å². The molecule has 1 aliphatic heterocycles. The van der Waals surface area contributed by atoms with Crippen molar-refractivity contribution in [3.8, 4) is 0 Å². The normalized spacial score (nSPS) is 18.3. The SMILES string of the molecule is CCCCOCCCNCCN1CCN(C)CC1. The van der Waals surface area contributed by atoms with E-state index in [1.54, 1.807) is 0 Å². The van der Waals surface area contributed by atoms with Gasteiger partial charge in [0, 0.05) is 52.5 Å². The Hall–Kier alpha value is -0.160. The molecule has 1 fully saturated rings. The van der Waals surface area contributed by atoms with Crippen molar-refractivity contribution in [3.05, 3.63) is 0 Å². The van der Waals surface area contributed by atoms with Gasteiger partial charge in [-0.3, -0.25) is 4.90 Å². The van der Waals surface area contributed by atoms with E-state index in [9.17, 15) is 0 Å². The zero-order valence-corrected chi connectivity index (χ0v) is 12.3. The number of ether oxygens (including phenoxy) is 1. The molecule has 0 unspecified atom stereocenters. The second-order valence-electron chi connectivity index (χ2n) is 5.21. The molecule has 0 amide bonds. The highest BCUT2D eigenvalue weighted by Gasteiger charge is 2.12. The zero-order chi connectivity index (χ0) is 13.1. The molecular weight excluding hydrogens is 226 g/mol. The standard InChI is InChI=1S/C14H31N3O/c1-3-4-13-18-14-5-6-15-7-8-17-11-9-16(2)10-12-17/h15H,3-14H2,1-2H3. The number of rotatable bonds is 10. The maximum absolute atomic E-state index is 5.53. The summed E-state index contributed by atoms with van der Waals surface area (Å²) >= 11 is 0. The predicted octanol–water partition coefficient (Wildman–Crippen LogP) is 1.03. The Morgan fingerprint density at radius 2 is 1.72 bits per heavy atom. The number of likely N-dealkylation sites (N-methyl/N-ethyl adjacent to an activating group) is 1. The van der Waals surface area contributed by atoms with Crippen molar-refractivity contribution >= 4 is 0 Å². The largest absolute Gasteiger partial charge is 0.381 e. The second kappa shape index (κ2) is 10.7. The van der Waals surface area contributed by atoms with Crippen LogP contribution in [-0.2, 0) is 4.74 Å². The van der Waals surface area contributed by atoms with Crippen LogP contribution in [0.3, 0.4) is 0 Å². The zero-order valence-electron chi connectivity index (χ0n) is 12.3. The lowest BCUT2D eigenvalue weighted by molar-refractivity contribution is 0.127. The van der Waals surface area contributed by atoms with Crippen LogP contribution in [0.4, 0.5) is 0 Å². The van der Waals surface area contributed by atoms with Crippen LogP contribution in [0, 0.1) is 0 Å². The molecule has 0 aromatic rings. The van der Waals surface area contributed by atoms with Crippen molar-refractivity contribution in [3.63, 3.8) is 0 Å². The monoisotopic (exact) mass is 257 g/mol. The Kier molecular flexibility index (Phi) is 9.48. The highest BCUT2D eigenvalue weighted by Crippen LogP contribution is 1.97. The molecule has 0 radical (unpaired) electrons. The Morgan fingerprint density at radius 1 is 1.00 bits per heavy atom. The maximum Gasteiger partial charge on any atom is 0.0478 e. The van der Waals surface area contributed by atoms with E-state index in [1.807, 2.05) is 0 Å². The summed E-state index contributed by atoms with van der Waals surface area (Å²) in [4.78, 5) is 4.95. The van der Waals surface area contributed by atoms with E-state index in [4.69, 9.17) is 4.74 Å². The first-order valence-corrected chi connectivity index (χ1v) is 7.52. The minimum absolute atomic E-state index is 0.904. The van der Waals surface area contributed by atoms with Crippen molar-refractivity contribution in [2.45, 2.75) is 26.2 Å². The first kappa shape index (κ1) is 15.9. The molecule has 1 rings (SSSR count). The van der Waals surface area contributed by atoms with E-state index < -0.39 is 0 Å². The topological polar surface area (TPSA) is 27.7 Å². The van der Waals surface area contributed by atoms with E-state index in [1.165, 1.54) is 45.6 Å². The van der Waals surface area contributed by atoms with Gasteiger partial charge in [-0.2, -0.15) is 0 Å². The van der Waals surface area contributed by atoms with Crippen molar-refractivity contribution in [1.29, 1.82) is 0 Å². The van der Waals surface area contributed by atoms with Crippen molar-refractivity contribution in [2.24, 2.45) is 0 Å². The van der Waals surface area contributed by atoms with Gasteiger partial charge in [-0.25, -0.2) is 0 Å². The summed E-state index contributed by atoms with van der Waals surface area (Å²) in [5.74, 6) is 0. The molecule has 4 heteroatoms. The number of nitrogens with zero attached hydrogens (tertiary/aromatic N) is 2. The minimum Gasteiger partial charge on any atom is -0.381 e. The van der Waals surface area contributed by atoms with Crippen LogP contribution in [0.1, 0.15) is 26.2 Å². The number of unbranched alkanes of at least 4 members (excludes halogenated alkanes) is 1. The molecule has 4 nitrogen and oxygen atoms in total. The summed E-state index contributed by atoms with van der Waals surface area (Å²) in [5, 5.41) is 3.50. The summed E-state index contributed by atoms with van der Waals surface area (Å²) in [7, 11) is 2.20. The summed E-state index contributed by atoms with van der Waals surface area (Å²) in [5.41, 5.74) is 0. The van der Waals surface area contributed by atoms with Crippen molar-refractivity contribution in [1.82, 2.24) is 15.1 Å². The molecule has 0 spiro atoms. The van der Waals surface area contributed by atoms with Gasteiger partial charge in [-0.15, -0.1) is 0 Å². The van der Waals surface area contributed by atoms with Crippen LogP contribution in [0.5, 0.6) is 0 Å². The first-order chi connectivity index (χ1) is 8.83. The van der Waals surface area contributed by atoms with Crippen LogP contribution in [0.2, 0.25) is 0 Å². The van der Waals surface area contributed by atoms with E-state index in [0.717, 1.165) is 32.7 Å². The van der Waals surface area contributed by atoms with Crippen LogP contribution >= 0.6 is 0 Å². The van der Waals surface area contributed by atoms with E-state index in [2.05, 4.69) is 29.1 Å². The molecule has 108 valence electrons. The summed E-state index contributed by atoms with van der Waals surface area (Å²) in [6.45, 7) is 12.3. The van der Waals surface area contributed by atoms with Gasteiger partial charge in [0.1, 0.15) is 0 Å². The number of hydrogen-bond acceptors (Lipinski definition) is 4. The molecule has 1 heterocycles. The molecule has 1 saturated heterocycles. The van der Waals surface area contributed by atoms with E-state index in [-0.39, 0.29) is 0 Å². The van der Waals surface area contributed by atoms with Gasteiger partial charge in [0.05, 0.1) is 0 Å². The minimum atomic E-state index is 0.904. The van der Waals surface area contributed by atoms with Gasteiger partial charge in [0.15, 0.2) is 0 Å². The lowest BCUT2D eigenvalue weighted by Gasteiger charge is -2.32. The van der Waals surface area contributed by atoms with Crippen LogP contribution < -0.4 is 5.32 Å². The molecule has 0 bridgehead atoms. The summed E-state index contributed by atoms with van der Waals surface area (Å²) < 4.78 is 5.53. The predicted molar refractivity (Wildman–Crippen MR) is 77.2 cm³/mol. The second-order valence-corrected chi connectivity index (χ2v) is 5.21. The highest BCUT2D eigenvalue weighted by molar-refractivity contribution is 4.69. The molecule has 0 aliphatic carbocycles. The lowest BCUT2D eigenvalue weighted by atomic mass is 10.3. The molecule has 18 heavy (non-hydrogen) atoms. The smallest absolute Gasteiger partial charge is 0.0478 e. The third kappa shape index (κ3) is 8.03. The maximum atomic E-state index is 5.53. The molecule has 1 aliphatic rings. The van der Waals surface area contributed by atoms with Crippen LogP contribution in [0.25, 0.3) is 0 Å². The number of hydrogen-bond donors (Lipinski definition) is 1. The number of piperazine rings is 1. The van der Waals surface area contributed by atoms with Crippen molar-refractivity contribution in [2.75, 3.05) is 66.1 Å². The average molecular weight is 257 g/mol. The molecule has 0 aromatic carbocycles. The Balaban J connectivity index is 1.78. The third-order valence-corrected chi connectivity index (χ3v) is 3.49. The Morgan fingerprint density at radius 3 is 2.44 bits per heavy atom. The summed E-state index contributed by atoms with van der Waals surface area (Å²) in [6.07, 6.45) is 3.55. The van der Waals surface area contributed by atoms with Gasteiger partial charge >= 0.3 is 0 Å². The van der Waals surface area contributed by atoms with Gasteiger partial charge in [0.2, 0.25) is 0 Å². The average Bonchev–Trinajstić information content (AvgIpc) is 2.39. The fourth-order valence-electron chi connectivity index (χ4n) is 2.08. The number of nitrogens with one attached hydrogen (secondary N) is 1. The Bertz CT molecular complexity index is 182. The third-order valence-electron chi connectivity index (χ3n) is 3.49. The van der Waals surface area contributed by atoms with Crippen molar-refractivity contribution < 1.29 is 4.74 Å². The molecule has 0 saturated carbocycles. The molecule has 1 N–H and O–H groups in total. The van der Waals surface area contributed by atoms with Gasteiger partial charge in [0.25, 0.3) is 0 Å². The lowest BCUT2D eigenvalue weighted by Crippen LogP contribution is -2.46. The Labute approximate surface area is 113 Å². The van der Waals surface area contributed by atoms with E-state index in [0.29, 0.717) is 0 Å². The molecule has 0 atom stereocenters. The fourth-order valence-corrected chi connectivity index (χ4v) is 2.08. The molecule has 0 aromatic heterocycles. The molecular formula is C14H31N3O. The van der Waals surface area contributed by atoms with E-state index >= 15 is 0 Å². The highest BCUT2D eigenvalue weighted by atomic mass is 16.5. The fraction of sp³-hybridized carbons (Fsp3) is 1.00. The summed E-state index contributed by atoms with van der Waals surface area (Å²) in [6, 6.07) is 0. The first-order valence-electron chi connectivity index (χ1n) is 7.52. The van der Waals surface area contributed by atoms with Crippen LogP contribution in [-0.4, -0.2) is 75.9 Å². The quantitative estimate of drug-likeness (QED) is 0.592.